The van der Waals surface area contributed by atoms with Gasteiger partial charge in [-0.2, -0.15) is 0 Å². The van der Waals surface area contributed by atoms with Crippen LogP contribution >= 0.6 is 15.9 Å². The first-order chi connectivity index (χ1) is 6.25. The molecule has 0 saturated heterocycles. The molecule has 2 N–H and O–H groups in total. The van der Waals surface area contributed by atoms with Gasteiger partial charge in [0.05, 0.1) is 5.69 Å². The molecular formula is C9H12BrN3. The summed E-state index contributed by atoms with van der Waals surface area (Å²) in [4.78, 5) is 4.31. The van der Waals surface area contributed by atoms with Crippen LogP contribution in [0.3, 0.4) is 0 Å². The molecule has 0 spiro atoms. The minimum absolute atomic E-state index is 0.488. The van der Waals surface area contributed by atoms with E-state index in [2.05, 4.69) is 38.5 Å². The SMILES string of the molecule is CC1CCNc2cc(Br)cnc2N1. The zero-order valence-electron chi connectivity index (χ0n) is 7.47. The second kappa shape index (κ2) is 3.54. The van der Waals surface area contributed by atoms with Gasteiger partial charge in [0, 0.05) is 23.3 Å². The molecule has 1 aromatic heterocycles. The van der Waals surface area contributed by atoms with Gasteiger partial charge < -0.3 is 10.6 Å². The number of halogens is 1. The van der Waals surface area contributed by atoms with Crippen molar-refractivity contribution in [2.45, 2.75) is 19.4 Å². The van der Waals surface area contributed by atoms with Crippen molar-refractivity contribution >= 4 is 27.4 Å². The summed E-state index contributed by atoms with van der Waals surface area (Å²) < 4.78 is 1.01. The Kier molecular flexibility index (Phi) is 2.40. The van der Waals surface area contributed by atoms with E-state index in [9.17, 15) is 0 Å². The molecule has 0 fully saturated rings. The number of nitrogens with zero attached hydrogens (tertiary/aromatic N) is 1. The third kappa shape index (κ3) is 1.94. The van der Waals surface area contributed by atoms with Gasteiger partial charge >= 0.3 is 0 Å². The summed E-state index contributed by atoms with van der Waals surface area (Å²) in [7, 11) is 0. The van der Waals surface area contributed by atoms with Crippen molar-refractivity contribution in [3.63, 3.8) is 0 Å². The van der Waals surface area contributed by atoms with Crippen LogP contribution in [0.4, 0.5) is 11.5 Å². The van der Waals surface area contributed by atoms with Gasteiger partial charge in [-0.25, -0.2) is 4.98 Å². The number of hydrogen-bond donors (Lipinski definition) is 2. The molecule has 1 atom stereocenters. The van der Waals surface area contributed by atoms with Crippen LogP contribution in [-0.2, 0) is 0 Å². The molecule has 0 radical (unpaired) electrons. The number of rotatable bonds is 0. The summed E-state index contributed by atoms with van der Waals surface area (Å²) >= 11 is 3.40. The van der Waals surface area contributed by atoms with E-state index >= 15 is 0 Å². The molecule has 0 aliphatic carbocycles. The van der Waals surface area contributed by atoms with Crippen molar-refractivity contribution in [3.8, 4) is 0 Å². The molecule has 0 saturated carbocycles. The fraction of sp³-hybridized carbons (Fsp3) is 0.444. The average molecular weight is 242 g/mol. The van der Waals surface area contributed by atoms with E-state index in [0.717, 1.165) is 28.9 Å². The summed E-state index contributed by atoms with van der Waals surface area (Å²) in [6.07, 6.45) is 2.93. The highest BCUT2D eigenvalue weighted by atomic mass is 79.9. The second-order valence-electron chi connectivity index (χ2n) is 3.31. The van der Waals surface area contributed by atoms with Crippen LogP contribution in [0.2, 0.25) is 0 Å². The Morgan fingerprint density at radius 1 is 1.62 bits per heavy atom. The first kappa shape index (κ1) is 8.81. The fourth-order valence-electron chi connectivity index (χ4n) is 1.42. The van der Waals surface area contributed by atoms with Crippen LogP contribution in [-0.4, -0.2) is 17.6 Å². The maximum Gasteiger partial charge on any atom is 0.149 e. The third-order valence-electron chi connectivity index (χ3n) is 2.13. The molecule has 1 aliphatic heterocycles. The van der Waals surface area contributed by atoms with Gasteiger partial charge in [-0.15, -0.1) is 0 Å². The molecular weight excluding hydrogens is 230 g/mol. The van der Waals surface area contributed by atoms with Crippen molar-refractivity contribution in [1.82, 2.24) is 4.98 Å². The summed E-state index contributed by atoms with van der Waals surface area (Å²) in [6.45, 7) is 3.17. The van der Waals surface area contributed by atoms with Crippen LogP contribution in [0.1, 0.15) is 13.3 Å². The third-order valence-corrected chi connectivity index (χ3v) is 2.56. The number of pyridine rings is 1. The van der Waals surface area contributed by atoms with Crippen LogP contribution in [0.25, 0.3) is 0 Å². The molecule has 2 heterocycles. The first-order valence-electron chi connectivity index (χ1n) is 4.41. The quantitative estimate of drug-likeness (QED) is 0.733. The molecule has 1 aliphatic rings. The van der Waals surface area contributed by atoms with Crippen LogP contribution in [0.15, 0.2) is 16.7 Å². The first-order valence-corrected chi connectivity index (χ1v) is 5.21. The lowest BCUT2D eigenvalue weighted by Gasteiger charge is -2.10. The number of aromatic nitrogens is 1. The number of fused-ring (bicyclic) bond motifs is 1. The van der Waals surface area contributed by atoms with Gasteiger partial charge in [0.1, 0.15) is 5.82 Å². The lowest BCUT2D eigenvalue weighted by molar-refractivity contribution is 0.743. The monoisotopic (exact) mass is 241 g/mol. The minimum Gasteiger partial charge on any atom is -0.382 e. The van der Waals surface area contributed by atoms with Crippen molar-refractivity contribution in [2.75, 3.05) is 17.2 Å². The average Bonchev–Trinajstić information content (AvgIpc) is 2.25. The van der Waals surface area contributed by atoms with E-state index in [1.54, 1.807) is 0 Å². The number of nitrogens with one attached hydrogen (secondary N) is 2. The minimum atomic E-state index is 0.488. The maximum atomic E-state index is 4.31. The van der Waals surface area contributed by atoms with E-state index in [0.29, 0.717) is 6.04 Å². The molecule has 3 nitrogen and oxygen atoms in total. The van der Waals surface area contributed by atoms with Crippen LogP contribution in [0, 0.1) is 0 Å². The van der Waals surface area contributed by atoms with E-state index in [4.69, 9.17) is 0 Å². The number of anilines is 2. The Morgan fingerprint density at radius 3 is 3.31 bits per heavy atom. The van der Waals surface area contributed by atoms with Gasteiger partial charge in [0.25, 0.3) is 0 Å². The largest absolute Gasteiger partial charge is 0.382 e. The zero-order chi connectivity index (χ0) is 9.26. The van der Waals surface area contributed by atoms with Gasteiger partial charge in [0.15, 0.2) is 0 Å². The zero-order valence-corrected chi connectivity index (χ0v) is 9.06. The lowest BCUT2D eigenvalue weighted by atomic mass is 10.2. The molecule has 1 aromatic rings. The summed E-state index contributed by atoms with van der Waals surface area (Å²) in [6, 6.07) is 2.54. The highest BCUT2D eigenvalue weighted by molar-refractivity contribution is 9.10. The molecule has 0 bridgehead atoms. The fourth-order valence-corrected chi connectivity index (χ4v) is 1.75. The Balaban J connectivity index is 2.34. The molecule has 70 valence electrons. The summed E-state index contributed by atoms with van der Waals surface area (Å²) in [5.41, 5.74) is 1.08. The Morgan fingerprint density at radius 2 is 2.46 bits per heavy atom. The van der Waals surface area contributed by atoms with Crippen molar-refractivity contribution in [2.24, 2.45) is 0 Å². The second-order valence-corrected chi connectivity index (χ2v) is 4.23. The Labute approximate surface area is 86.1 Å². The van der Waals surface area contributed by atoms with Crippen molar-refractivity contribution in [3.05, 3.63) is 16.7 Å². The molecule has 0 aromatic carbocycles. The van der Waals surface area contributed by atoms with Gasteiger partial charge in [-0.3, -0.25) is 0 Å². The number of hydrogen-bond acceptors (Lipinski definition) is 3. The molecule has 1 unspecified atom stereocenters. The van der Waals surface area contributed by atoms with E-state index in [-0.39, 0.29) is 0 Å². The van der Waals surface area contributed by atoms with E-state index in [1.807, 2.05) is 12.3 Å². The summed E-state index contributed by atoms with van der Waals surface area (Å²) in [5, 5.41) is 6.70. The molecule has 0 amide bonds. The van der Waals surface area contributed by atoms with Crippen LogP contribution in [0.5, 0.6) is 0 Å². The van der Waals surface area contributed by atoms with Crippen molar-refractivity contribution < 1.29 is 0 Å². The smallest absolute Gasteiger partial charge is 0.149 e. The maximum absolute atomic E-state index is 4.31. The highest BCUT2D eigenvalue weighted by Gasteiger charge is 2.12. The van der Waals surface area contributed by atoms with Gasteiger partial charge in [-0.1, -0.05) is 0 Å². The Hall–Kier alpha value is -0.770. The Bertz CT molecular complexity index is 314. The lowest BCUT2D eigenvalue weighted by Crippen LogP contribution is -2.15. The predicted octanol–water partition coefficient (Wildman–Crippen LogP) is 2.46. The van der Waals surface area contributed by atoms with Crippen molar-refractivity contribution in [1.29, 1.82) is 0 Å². The topological polar surface area (TPSA) is 37.0 Å². The standard InChI is InChI=1S/C9H12BrN3/c1-6-2-3-11-8-4-7(10)5-12-9(8)13-6/h4-6,11H,2-3H2,1H3,(H,12,13). The predicted molar refractivity (Wildman–Crippen MR) is 58.1 cm³/mol. The molecule has 13 heavy (non-hydrogen) atoms. The van der Waals surface area contributed by atoms with Crippen LogP contribution < -0.4 is 10.6 Å². The van der Waals surface area contributed by atoms with E-state index in [1.165, 1.54) is 0 Å². The normalized spacial score (nSPS) is 20.9. The highest BCUT2D eigenvalue weighted by Crippen LogP contribution is 2.25. The van der Waals surface area contributed by atoms with E-state index < -0.39 is 0 Å². The van der Waals surface area contributed by atoms with Gasteiger partial charge in [-0.05, 0) is 35.3 Å². The molecule has 2 rings (SSSR count). The van der Waals surface area contributed by atoms with Gasteiger partial charge in [0.2, 0.25) is 0 Å². The molecule has 4 heteroatoms. The summed E-state index contributed by atoms with van der Waals surface area (Å²) in [5.74, 6) is 0.952.